The molecule has 1 fully saturated rings. The van der Waals surface area contributed by atoms with Gasteiger partial charge in [0, 0.05) is 24.7 Å². The molecule has 1 atom stereocenters. The average molecular weight is 234 g/mol. The number of rotatable bonds is 2. The second-order valence-corrected chi connectivity index (χ2v) is 4.55. The highest BCUT2D eigenvalue weighted by Gasteiger charge is 2.21. The van der Waals surface area contributed by atoms with Gasteiger partial charge in [-0.15, -0.1) is 0 Å². The molecule has 1 saturated heterocycles. The van der Waals surface area contributed by atoms with Crippen LogP contribution < -0.4 is 5.73 Å². The molecular weight excluding hydrogens is 216 g/mol. The highest BCUT2D eigenvalue weighted by atomic mass is 16.3. The second kappa shape index (κ2) is 5.19. The number of amides is 1. The van der Waals surface area contributed by atoms with Crippen molar-refractivity contribution in [2.24, 2.45) is 5.73 Å². The molecule has 92 valence electrons. The first-order valence-electron chi connectivity index (χ1n) is 5.97. The van der Waals surface area contributed by atoms with Crippen LogP contribution in [0.25, 0.3) is 0 Å². The predicted molar refractivity (Wildman–Crippen MR) is 65.6 cm³/mol. The van der Waals surface area contributed by atoms with Gasteiger partial charge in [0.2, 0.25) is 5.91 Å². The lowest BCUT2D eigenvalue weighted by molar-refractivity contribution is -0.131. The summed E-state index contributed by atoms with van der Waals surface area (Å²) in [6.07, 6.45) is 2.20. The van der Waals surface area contributed by atoms with Crippen molar-refractivity contribution in [3.8, 4) is 5.75 Å². The Labute approximate surface area is 101 Å². The fraction of sp³-hybridized carbons (Fsp3) is 0.462. The lowest BCUT2D eigenvalue weighted by atomic mass is 10.0. The molecule has 0 spiro atoms. The van der Waals surface area contributed by atoms with Crippen LogP contribution in [0.1, 0.15) is 18.4 Å². The number of hydrogen-bond acceptors (Lipinski definition) is 3. The van der Waals surface area contributed by atoms with Crippen LogP contribution in [-0.4, -0.2) is 35.0 Å². The number of hydrogen-bond donors (Lipinski definition) is 2. The summed E-state index contributed by atoms with van der Waals surface area (Å²) in [5.41, 5.74) is 6.52. The smallest absolute Gasteiger partial charge is 0.227 e. The summed E-state index contributed by atoms with van der Waals surface area (Å²) in [4.78, 5) is 13.8. The van der Waals surface area contributed by atoms with Gasteiger partial charge in [-0.1, -0.05) is 18.2 Å². The summed E-state index contributed by atoms with van der Waals surface area (Å²) < 4.78 is 0. The molecule has 1 aliphatic rings. The summed E-state index contributed by atoms with van der Waals surface area (Å²) in [5.74, 6) is 0.226. The number of benzene rings is 1. The number of carbonyl (C=O) groups excluding carboxylic acids is 1. The van der Waals surface area contributed by atoms with Gasteiger partial charge in [-0.25, -0.2) is 0 Å². The molecule has 0 saturated carbocycles. The summed E-state index contributed by atoms with van der Waals surface area (Å²) in [6.45, 7) is 1.41. The standard InChI is InChI=1S/C13H18N2O2/c14-11-5-3-7-15(9-11)13(17)8-10-4-1-2-6-12(10)16/h1-2,4,6,11,16H,3,5,7-9,14H2/t11-/m1/s1. The number of piperidine rings is 1. The topological polar surface area (TPSA) is 66.6 Å². The van der Waals surface area contributed by atoms with Gasteiger partial charge in [-0.2, -0.15) is 0 Å². The molecule has 0 bridgehead atoms. The van der Waals surface area contributed by atoms with Crippen molar-refractivity contribution in [1.82, 2.24) is 4.90 Å². The number of carbonyl (C=O) groups is 1. The number of aromatic hydroxyl groups is 1. The van der Waals surface area contributed by atoms with Crippen LogP contribution in [0.2, 0.25) is 0 Å². The van der Waals surface area contributed by atoms with Gasteiger partial charge in [0.15, 0.2) is 0 Å². The van der Waals surface area contributed by atoms with Crippen molar-refractivity contribution in [3.05, 3.63) is 29.8 Å². The minimum atomic E-state index is 0.0432. The average Bonchev–Trinajstić information content (AvgIpc) is 2.32. The Morgan fingerprint density at radius 1 is 1.47 bits per heavy atom. The second-order valence-electron chi connectivity index (χ2n) is 4.55. The lowest BCUT2D eigenvalue weighted by Crippen LogP contribution is -2.46. The van der Waals surface area contributed by atoms with Crippen LogP contribution in [0.3, 0.4) is 0 Å². The summed E-state index contributed by atoms with van der Waals surface area (Å²) in [7, 11) is 0. The van der Waals surface area contributed by atoms with Crippen LogP contribution in [-0.2, 0) is 11.2 Å². The molecule has 1 aliphatic heterocycles. The van der Waals surface area contributed by atoms with Gasteiger partial charge in [-0.3, -0.25) is 4.79 Å². The Morgan fingerprint density at radius 3 is 2.94 bits per heavy atom. The van der Waals surface area contributed by atoms with E-state index >= 15 is 0 Å². The minimum Gasteiger partial charge on any atom is -0.508 e. The van der Waals surface area contributed by atoms with Crippen molar-refractivity contribution in [2.45, 2.75) is 25.3 Å². The quantitative estimate of drug-likeness (QED) is 0.798. The molecule has 3 N–H and O–H groups in total. The highest BCUT2D eigenvalue weighted by molar-refractivity contribution is 5.79. The van der Waals surface area contributed by atoms with E-state index in [9.17, 15) is 9.90 Å². The lowest BCUT2D eigenvalue weighted by Gasteiger charge is -2.30. The van der Waals surface area contributed by atoms with Gasteiger partial charge in [-0.05, 0) is 18.9 Å². The molecule has 0 aliphatic carbocycles. The maximum atomic E-state index is 12.0. The molecule has 2 rings (SSSR count). The van der Waals surface area contributed by atoms with Crippen LogP contribution >= 0.6 is 0 Å². The number of phenols is 1. The van der Waals surface area contributed by atoms with Crippen molar-refractivity contribution < 1.29 is 9.90 Å². The Balaban J connectivity index is 1.99. The van der Waals surface area contributed by atoms with Crippen LogP contribution in [0.5, 0.6) is 5.75 Å². The van der Waals surface area contributed by atoms with E-state index in [0.717, 1.165) is 19.4 Å². The van der Waals surface area contributed by atoms with Crippen molar-refractivity contribution >= 4 is 5.91 Å². The van der Waals surface area contributed by atoms with E-state index in [1.54, 1.807) is 23.1 Å². The zero-order valence-corrected chi connectivity index (χ0v) is 9.80. The Kier molecular flexibility index (Phi) is 3.64. The molecule has 0 aromatic heterocycles. The molecular formula is C13H18N2O2. The molecule has 0 unspecified atom stereocenters. The fourth-order valence-electron chi connectivity index (χ4n) is 2.17. The zero-order valence-electron chi connectivity index (χ0n) is 9.80. The molecule has 17 heavy (non-hydrogen) atoms. The van der Waals surface area contributed by atoms with Crippen LogP contribution in [0.4, 0.5) is 0 Å². The monoisotopic (exact) mass is 234 g/mol. The van der Waals surface area contributed by atoms with E-state index in [2.05, 4.69) is 0 Å². The maximum Gasteiger partial charge on any atom is 0.227 e. The third kappa shape index (κ3) is 2.97. The molecule has 1 amide bonds. The largest absolute Gasteiger partial charge is 0.508 e. The Hall–Kier alpha value is -1.55. The number of nitrogens with zero attached hydrogens (tertiary/aromatic N) is 1. The third-order valence-electron chi connectivity index (χ3n) is 3.14. The van der Waals surface area contributed by atoms with Crippen LogP contribution in [0, 0.1) is 0 Å². The van der Waals surface area contributed by atoms with E-state index < -0.39 is 0 Å². The number of likely N-dealkylation sites (tertiary alicyclic amines) is 1. The van der Waals surface area contributed by atoms with Gasteiger partial charge in [0.1, 0.15) is 5.75 Å². The van der Waals surface area contributed by atoms with Crippen LogP contribution in [0.15, 0.2) is 24.3 Å². The van der Waals surface area contributed by atoms with Gasteiger partial charge < -0.3 is 15.7 Å². The van der Waals surface area contributed by atoms with E-state index in [1.807, 2.05) is 6.07 Å². The zero-order chi connectivity index (χ0) is 12.3. The van der Waals surface area contributed by atoms with Gasteiger partial charge >= 0.3 is 0 Å². The summed E-state index contributed by atoms with van der Waals surface area (Å²) in [5, 5.41) is 9.61. The molecule has 4 nitrogen and oxygen atoms in total. The summed E-state index contributed by atoms with van der Waals surface area (Å²) in [6, 6.07) is 7.04. The minimum absolute atomic E-state index is 0.0432. The maximum absolute atomic E-state index is 12.0. The predicted octanol–water partition coefficient (Wildman–Crippen LogP) is 0.884. The number of phenolic OH excluding ortho intramolecular Hbond substituents is 1. The SMILES string of the molecule is N[C@@H]1CCCN(C(=O)Cc2ccccc2O)C1. The molecule has 1 heterocycles. The molecule has 1 aromatic rings. The Morgan fingerprint density at radius 2 is 2.24 bits per heavy atom. The molecule has 1 aromatic carbocycles. The van der Waals surface area contributed by atoms with E-state index in [1.165, 1.54) is 0 Å². The fourth-order valence-corrected chi connectivity index (χ4v) is 2.17. The first kappa shape index (κ1) is 11.9. The van der Waals surface area contributed by atoms with Crippen molar-refractivity contribution in [1.29, 1.82) is 0 Å². The normalized spacial score (nSPS) is 20.3. The summed E-state index contributed by atoms with van der Waals surface area (Å²) >= 11 is 0. The molecule has 4 heteroatoms. The number of para-hydroxylation sites is 1. The molecule has 0 radical (unpaired) electrons. The van der Waals surface area contributed by atoms with Crippen molar-refractivity contribution in [3.63, 3.8) is 0 Å². The van der Waals surface area contributed by atoms with E-state index in [4.69, 9.17) is 5.73 Å². The number of nitrogens with two attached hydrogens (primary N) is 1. The first-order valence-corrected chi connectivity index (χ1v) is 5.97. The Bertz CT molecular complexity index is 406. The van der Waals surface area contributed by atoms with Gasteiger partial charge in [0.05, 0.1) is 6.42 Å². The highest BCUT2D eigenvalue weighted by Crippen LogP contribution is 2.18. The van der Waals surface area contributed by atoms with Crippen molar-refractivity contribution in [2.75, 3.05) is 13.1 Å². The van der Waals surface area contributed by atoms with E-state index in [-0.39, 0.29) is 24.1 Å². The first-order chi connectivity index (χ1) is 8.16. The van der Waals surface area contributed by atoms with E-state index in [0.29, 0.717) is 12.1 Å². The van der Waals surface area contributed by atoms with Gasteiger partial charge in [0.25, 0.3) is 0 Å². The third-order valence-corrected chi connectivity index (χ3v) is 3.14.